The van der Waals surface area contributed by atoms with Crippen LogP contribution < -0.4 is 10.6 Å². The van der Waals surface area contributed by atoms with Gasteiger partial charge in [-0.15, -0.1) is 0 Å². The Morgan fingerprint density at radius 2 is 1.22 bits per heavy atom. The van der Waals surface area contributed by atoms with Crippen LogP contribution in [0.3, 0.4) is 0 Å². The van der Waals surface area contributed by atoms with Crippen LogP contribution in [0.5, 0.6) is 0 Å². The van der Waals surface area contributed by atoms with E-state index < -0.39 is 24.3 Å². The summed E-state index contributed by atoms with van der Waals surface area (Å²) in [5.41, 5.74) is 6.07. The number of nitrogens with zero attached hydrogens (tertiary/aromatic N) is 4. The molecule has 356 valence electrons. The van der Waals surface area contributed by atoms with Gasteiger partial charge in [-0.2, -0.15) is 0 Å². The van der Waals surface area contributed by atoms with Gasteiger partial charge in [0.2, 0.25) is 11.8 Å². The van der Waals surface area contributed by atoms with Crippen LogP contribution in [0.1, 0.15) is 87.9 Å². The average Bonchev–Trinajstić information content (AvgIpc) is 4.03. The number of alkyl carbamates (subject to hydrolysis) is 2. The van der Waals surface area contributed by atoms with Gasteiger partial charge in [-0.3, -0.25) is 9.59 Å². The lowest BCUT2D eigenvalue weighted by Gasteiger charge is -2.39. The lowest BCUT2D eigenvalue weighted by atomic mass is 9.89. The Kier molecular flexibility index (Phi) is 11.9. The molecule has 16 nitrogen and oxygen atoms in total. The molecule has 11 rings (SSSR count). The largest absolute Gasteiger partial charge is 0.453 e. The maximum Gasteiger partial charge on any atom is 0.407 e. The number of likely N-dealkylation sites (tertiary alicyclic amines) is 2. The number of amides is 4. The summed E-state index contributed by atoms with van der Waals surface area (Å²) in [7, 11) is 2.65. The number of imidazole rings is 2. The molecule has 1 spiro atoms. The van der Waals surface area contributed by atoms with E-state index in [1.165, 1.54) is 14.2 Å². The molecular weight excluding hydrogens is 865 g/mol. The van der Waals surface area contributed by atoms with Gasteiger partial charge < -0.3 is 49.3 Å². The van der Waals surface area contributed by atoms with Gasteiger partial charge in [0, 0.05) is 44.6 Å². The summed E-state index contributed by atoms with van der Waals surface area (Å²) in [6.07, 6.45) is 11.2. The first-order valence-electron chi connectivity index (χ1n) is 24.4. The number of piperidine rings is 1. The molecular formula is C52H60N8O8. The Labute approximate surface area is 395 Å². The first kappa shape index (κ1) is 44.3. The molecule has 68 heavy (non-hydrogen) atoms. The number of carbonyl (C=O) groups excluding carboxylic acids is 4. The first-order chi connectivity index (χ1) is 33.2. The minimum Gasteiger partial charge on any atom is -0.453 e. The number of rotatable bonds is 11. The van der Waals surface area contributed by atoms with Crippen molar-refractivity contribution in [3.63, 3.8) is 0 Å². The number of carbonyl (C=O) groups is 4. The monoisotopic (exact) mass is 924 g/mol. The van der Waals surface area contributed by atoms with Crippen molar-refractivity contribution in [1.82, 2.24) is 40.4 Å². The number of ether oxygens (including phenoxy) is 4. The third-order valence-corrected chi connectivity index (χ3v) is 16.0. The van der Waals surface area contributed by atoms with Crippen molar-refractivity contribution in [1.29, 1.82) is 0 Å². The van der Waals surface area contributed by atoms with Crippen molar-refractivity contribution < 1.29 is 38.1 Å². The molecule has 6 atom stereocenters. The molecule has 2 saturated carbocycles. The number of aromatic amines is 2. The highest BCUT2D eigenvalue weighted by molar-refractivity contribution is 5.91. The molecule has 4 saturated heterocycles. The highest BCUT2D eigenvalue weighted by Crippen LogP contribution is 2.58. The van der Waals surface area contributed by atoms with Gasteiger partial charge in [0.25, 0.3) is 0 Å². The number of nitrogens with one attached hydrogen (secondary N) is 4. The summed E-state index contributed by atoms with van der Waals surface area (Å²) in [5, 5.41) is 7.96. The van der Waals surface area contributed by atoms with Gasteiger partial charge in [-0.05, 0) is 127 Å². The summed E-state index contributed by atoms with van der Waals surface area (Å²) in [6, 6.07) is 19.7. The first-order valence-corrected chi connectivity index (χ1v) is 24.4. The lowest BCUT2D eigenvalue weighted by molar-refractivity contribution is -0.140. The van der Waals surface area contributed by atoms with E-state index in [1.807, 2.05) is 22.2 Å². The van der Waals surface area contributed by atoms with E-state index in [0.29, 0.717) is 64.6 Å². The third kappa shape index (κ3) is 8.50. The molecule has 3 aromatic carbocycles. The number of hydrogen-bond donors (Lipinski definition) is 4. The number of H-pyrrole nitrogens is 2. The van der Waals surface area contributed by atoms with Gasteiger partial charge in [-0.25, -0.2) is 19.6 Å². The van der Waals surface area contributed by atoms with Crippen molar-refractivity contribution in [3.8, 4) is 33.6 Å². The minimum atomic E-state index is -0.685. The lowest BCUT2D eigenvalue weighted by Crippen LogP contribution is -2.55. The number of hydrogen-bond acceptors (Lipinski definition) is 10. The Morgan fingerprint density at radius 1 is 0.676 bits per heavy atom. The zero-order valence-electron chi connectivity index (χ0n) is 38.7. The minimum absolute atomic E-state index is 0.0249. The molecule has 4 N–H and O–H groups in total. The predicted octanol–water partition coefficient (Wildman–Crippen LogP) is 7.70. The van der Waals surface area contributed by atoms with Crippen LogP contribution >= 0.6 is 0 Å². The molecule has 0 radical (unpaired) electrons. The van der Waals surface area contributed by atoms with Gasteiger partial charge in [-0.1, -0.05) is 48.5 Å². The fraction of sp³-hybridized carbons (Fsp3) is 0.500. The second-order valence-electron chi connectivity index (χ2n) is 19.9. The molecule has 4 aliphatic heterocycles. The fourth-order valence-electron chi connectivity index (χ4n) is 12.0. The molecule has 6 aliphatic rings. The van der Waals surface area contributed by atoms with Gasteiger partial charge in [0.1, 0.15) is 23.7 Å². The van der Waals surface area contributed by atoms with Crippen LogP contribution in [0, 0.1) is 23.2 Å². The second-order valence-corrected chi connectivity index (χ2v) is 19.9. The zero-order chi connectivity index (χ0) is 46.5. The summed E-state index contributed by atoms with van der Waals surface area (Å²) >= 11 is 0. The Morgan fingerprint density at radius 3 is 1.85 bits per heavy atom. The summed E-state index contributed by atoms with van der Waals surface area (Å²) < 4.78 is 21.0. The third-order valence-electron chi connectivity index (χ3n) is 16.0. The zero-order valence-corrected chi connectivity index (χ0v) is 38.7. The van der Waals surface area contributed by atoms with E-state index in [1.54, 1.807) is 0 Å². The predicted molar refractivity (Wildman–Crippen MR) is 252 cm³/mol. The van der Waals surface area contributed by atoms with Crippen molar-refractivity contribution in [3.05, 3.63) is 84.7 Å². The SMILES string of the molecule is COC(=O)N[C@H](C(=O)N1CC2(CC2)C[C@H]1c1ncc(-c2ccc3cc(-c4ccc(-c5cnc([C@@H]6[C@@H]7CC[C@H](C7)N6C(=O)[C@@H](NC(=O)OC)C6CCOCC6)[nH]5)cc4)ccc3c2)[nH]1)C1CCOCC1. The quantitative estimate of drug-likeness (QED) is 0.102. The number of aromatic nitrogens is 4. The molecule has 0 unspecified atom stereocenters. The maximum atomic E-state index is 14.4. The standard InChI is InChI=1S/C52H60N8O8/c1-65-50(63)57-43(32-13-19-67-20-14-32)48(61)59-29-52(17-18-52)26-42(59)46-53-28-41(55-46)37-10-9-35-23-34(7-8-36(35)24-37)30-3-5-31(6-4-30)40-27-54-47(56-40)45-38-11-12-39(25-38)60(45)49(62)44(58-51(64)66-2)33-15-21-68-22-16-33/h3-10,23-24,27-28,32-33,38-39,42-45H,11-22,25-26,29H2,1-2H3,(H,53,55)(H,54,56)(H,57,63)(H,58,64)/t38-,39-,42+,43+,44+,45+/m1/s1. The maximum absolute atomic E-state index is 14.4. The van der Waals surface area contributed by atoms with Crippen LogP contribution in [0.25, 0.3) is 44.4 Å². The fourth-order valence-corrected chi connectivity index (χ4v) is 12.0. The Bertz CT molecular complexity index is 2680. The van der Waals surface area contributed by atoms with E-state index in [2.05, 4.69) is 81.3 Å². The van der Waals surface area contributed by atoms with Crippen LogP contribution in [0.15, 0.2) is 73.1 Å². The van der Waals surface area contributed by atoms with E-state index in [0.717, 1.165) is 94.6 Å². The van der Waals surface area contributed by atoms with E-state index in [-0.39, 0.29) is 47.2 Å². The van der Waals surface area contributed by atoms with Crippen LogP contribution in [0.2, 0.25) is 0 Å². The summed E-state index contributed by atoms with van der Waals surface area (Å²) in [4.78, 5) is 74.5. The van der Waals surface area contributed by atoms with Crippen LogP contribution in [0.4, 0.5) is 9.59 Å². The molecule has 4 amide bonds. The summed E-state index contributed by atoms with van der Waals surface area (Å²) in [6.45, 7) is 2.91. The highest BCUT2D eigenvalue weighted by Gasteiger charge is 2.56. The Balaban J connectivity index is 0.780. The number of benzene rings is 3. The van der Waals surface area contributed by atoms with Crippen molar-refractivity contribution >= 4 is 34.8 Å². The topological polar surface area (TPSA) is 193 Å². The summed E-state index contributed by atoms with van der Waals surface area (Å²) in [5.74, 6) is 1.64. The number of fused-ring (bicyclic) bond motifs is 3. The molecule has 6 heterocycles. The average molecular weight is 925 g/mol. The molecule has 2 bridgehead atoms. The van der Waals surface area contributed by atoms with Crippen LogP contribution in [-0.2, 0) is 28.5 Å². The van der Waals surface area contributed by atoms with Crippen LogP contribution in [-0.4, -0.2) is 119 Å². The van der Waals surface area contributed by atoms with Gasteiger partial charge in [0.05, 0.1) is 50.1 Å². The Hall–Kier alpha value is -6.26. The smallest absolute Gasteiger partial charge is 0.407 e. The molecule has 6 fully saturated rings. The number of methoxy groups -OCH3 is 2. The van der Waals surface area contributed by atoms with E-state index in [4.69, 9.17) is 28.9 Å². The normalized spacial score (nSPS) is 24.3. The van der Waals surface area contributed by atoms with Crippen molar-refractivity contribution in [2.24, 2.45) is 23.2 Å². The van der Waals surface area contributed by atoms with E-state index in [9.17, 15) is 19.2 Å². The van der Waals surface area contributed by atoms with Gasteiger partial charge >= 0.3 is 12.2 Å². The van der Waals surface area contributed by atoms with Crippen molar-refractivity contribution in [2.75, 3.05) is 47.2 Å². The second kappa shape index (κ2) is 18.3. The van der Waals surface area contributed by atoms with Gasteiger partial charge in [0.15, 0.2) is 0 Å². The molecule has 2 aliphatic carbocycles. The molecule has 16 heteroatoms. The molecule has 5 aromatic rings. The van der Waals surface area contributed by atoms with Crippen molar-refractivity contribution in [2.45, 2.75) is 94.4 Å². The molecule has 2 aromatic heterocycles. The van der Waals surface area contributed by atoms with E-state index >= 15 is 0 Å². The highest BCUT2D eigenvalue weighted by atomic mass is 16.5.